The lowest BCUT2D eigenvalue weighted by Crippen LogP contribution is -2.49. The molecule has 1 aliphatic rings. The van der Waals surface area contributed by atoms with Gasteiger partial charge in [-0.25, -0.2) is 4.99 Å². The first-order valence-electron chi connectivity index (χ1n) is 5.26. The molecule has 0 radical (unpaired) electrons. The average Bonchev–Trinajstić information content (AvgIpc) is 2.36. The van der Waals surface area contributed by atoms with Crippen LogP contribution in [0.15, 0.2) is 23.2 Å². The summed E-state index contributed by atoms with van der Waals surface area (Å²) in [5.41, 5.74) is 6.52. The van der Waals surface area contributed by atoms with Crippen LogP contribution in [0.25, 0.3) is 0 Å². The van der Waals surface area contributed by atoms with Crippen molar-refractivity contribution in [2.24, 2.45) is 10.7 Å². The third-order valence-corrected chi connectivity index (χ3v) is 2.72. The number of aliphatic imine (C=N–C) groups is 1. The highest BCUT2D eigenvalue weighted by Crippen LogP contribution is 2.30. The Hall–Kier alpha value is -2.02. The number of nitrogens with one attached hydrogen (secondary N) is 2. The van der Waals surface area contributed by atoms with Gasteiger partial charge in [0.2, 0.25) is 0 Å². The summed E-state index contributed by atoms with van der Waals surface area (Å²) < 4.78 is 10.4. The van der Waals surface area contributed by atoms with E-state index in [1.807, 2.05) is 18.2 Å². The molecule has 7 heteroatoms. The Balaban J connectivity index is 2.34. The number of thiocarbonyl (C=S) groups is 1. The number of benzene rings is 1. The number of nitrogens with two attached hydrogens (primary N) is 1. The molecule has 1 aromatic carbocycles. The van der Waals surface area contributed by atoms with E-state index in [1.54, 1.807) is 14.2 Å². The Morgan fingerprint density at radius 2 is 2.00 bits per heavy atom. The van der Waals surface area contributed by atoms with Gasteiger partial charge in [0.25, 0.3) is 0 Å². The fourth-order valence-corrected chi connectivity index (χ4v) is 1.88. The van der Waals surface area contributed by atoms with Gasteiger partial charge in [-0.05, 0) is 24.4 Å². The van der Waals surface area contributed by atoms with E-state index in [-0.39, 0.29) is 6.17 Å². The van der Waals surface area contributed by atoms with Gasteiger partial charge in [-0.15, -0.1) is 0 Å². The second kappa shape index (κ2) is 5.09. The number of hydrogen-bond acceptors (Lipinski definition) is 5. The first-order valence-corrected chi connectivity index (χ1v) is 5.67. The van der Waals surface area contributed by atoms with Gasteiger partial charge in [0.15, 0.2) is 22.6 Å². The Kier molecular flexibility index (Phi) is 3.52. The molecule has 1 atom stereocenters. The number of hydrogen-bond donors (Lipinski definition) is 3. The van der Waals surface area contributed by atoms with Crippen molar-refractivity contribution in [3.63, 3.8) is 0 Å². The predicted octanol–water partition coefficient (Wildman–Crippen LogP) is 0.495. The monoisotopic (exact) mass is 266 g/mol. The maximum absolute atomic E-state index is 5.63. The molecule has 18 heavy (non-hydrogen) atoms. The van der Waals surface area contributed by atoms with Gasteiger partial charge >= 0.3 is 0 Å². The zero-order valence-electron chi connectivity index (χ0n) is 10.1. The molecule has 6 nitrogen and oxygen atoms in total. The minimum absolute atomic E-state index is 0.290. The van der Waals surface area contributed by atoms with E-state index in [1.165, 1.54) is 0 Å². The molecule has 4 N–H and O–H groups in total. The van der Waals surface area contributed by atoms with Crippen LogP contribution in [0.5, 0.6) is 11.5 Å². The second-order valence-corrected chi connectivity index (χ2v) is 4.04. The summed E-state index contributed by atoms with van der Waals surface area (Å²) in [7, 11) is 3.17. The average molecular weight is 266 g/mol. The molecule has 0 fully saturated rings. The Morgan fingerprint density at radius 3 is 2.61 bits per heavy atom. The molecular weight excluding hydrogens is 252 g/mol. The van der Waals surface area contributed by atoms with Crippen LogP contribution in [0.2, 0.25) is 0 Å². The zero-order valence-corrected chi connectivity index (χ0v) is 10.9. The molecule has 0 saturated carbocycles. The molecule has 1 heterocycles. The number of nitrogens with zero attached hydrogens (tertiary/aromatic N) is 1. The van der Waals surface area contributed by atoms with Crippen LogP contribution in [0.1, 0.15) is 11.7 Å². The van der Waals surface area contributed by atoms with Gasteiger partial charge in [-0.1, -0.05) is 6.07 Å². The minimum Gasteiger partial charge on any atom is -0.493 e. The molecule has 96 valence electrons. The lowest BCUT2D eigenvalue weighted by atomic mass is 10.1. The standard InChI is InChI=1S/C11H14N4O2S/c1-16-7-4-3-6(5-8(7)17-2)9-13-10(12)15-11(18)14-9/h3-5,9H,1-2H3,(H4,12,13,14,15,18). The SMILES string of the molecule is COc1ccc(C2N=C(N)NC(=S)N2)cc1OC. The van der Waals surface area contributed by atoms with Crippen molar-refractivity contribution in [3.05, 3.63) is 23.8 Å². The van der Waals surface area contributed by atoms with Crippen LogP contribution < -0.4 is 25.8 Å². The van der Waals surface area contributed by atoms with Crippen molar-refractivity contribution in [2.75, 3.05) is 14.2 Å². The van der Waals surface area contributed by atoms with Gasteiger partial charge in [0, 0.05) is 5.56 Å². The molecule has 0 saturated heterocycles. The number of ether oxygens (including phenoxy) is 2. The van der Waals surface area contributed by atoms with E-state index in [9.17, 15) is 0 Å². The molecule has 0 amide bonds. The minimum atomic E-state index is -0.321. The maximum Gasteiger partial charge on any atom is 0.197 e. The van der Waals surface area contributed by atoms with Crippen molar-refractivity contribution in [1.29, 1.82) is 0 Å². The smallest absolute Gasteiger partial charge is 0.197 e. The van der Waals surface area contributed by atoms with E-state index in [0.29, 0.717) is 22.6 Å². The summed E-state index contributed by atoms with van der Waals surface area (Å²) in [6.45, 7) is 0. The van der Waals surface area contributed by atoms with E-state index in [2.05, 4.69) is 15.6 Å². The predicted molar refractivity (Wildman–Crippen MR) is 72.8 cm³/mol. The summed E-state index contributed by atoms with van der Waals surface area (Å²) in [6, 6.07) is 5.53. The van der Waals surface area contributed by atoms with Crippen molar-refractivity contribution >= 4 is 23.3 Å². The van der Waals surface area contributed by atoms with E-state index >= 15 is 0 Å². The first-order chi connectivity index (χ1) is 8.63. The maximum atomic E-state index is 5.63. The summed E-state index contributed by atoms with van der Waals surface area (Å²) >= 11 is 5.03. The largest absolute Gasteiger partial charge is 0.493 e. The Morgan fingerprint density at radius 1 is 1.28 bits per heavy atom. The fourth-order valence-electron chi connectivity index (χ4n) is 1.66. The van der Waals surface area contributed by atoms with Gasteiger partial charge in [-0.2, -0.15) is 0 Å². The van der Waals surface area contributed by atoms with Gasteiger partial charge in [-0.3, -0.25) is 0 Å². The van der Waals surface area contributed by atoms with E-state index in [4.69, 9.17) is 27.4 Å². The zero-order chi connectivity index (χ0) is 13.1. The van der Waals surface area contributed by atoms with Crippen LogP contribution in [0.4, 0.5) is 0 Å². The summed E-state index contributed by atoms with van der Waals surface area (Å²) in [6.07, 6.45) is -0.321. The molecule has 0 bridgehead atoms. The summed E-state index contributed by atoms with van der Waals surface area (Å²) in [5, 5.41) is 6.18. The van der Waals surface area contributed by atoms with Crippen LogP contribution >= 0.6 is 12.2 Å². The van der Waals surface area contributed by atoms with Crippen LogP contribution in [0, 0.1) is 0 Å². The van der Waals surface area contributed by atoms with E-state index in [0.717, 1.165) is 5.56 Å². The van der Waals surface area contributed by atoms with Crippen molar-refractivity contribution in [1.82, 2.24) is 10.6 Å². The highest BCUT2D eigenvalue weighted by Gasteiger charge is 2.18. The number of guanidine groups is 1. The Labute approximate surface area is 110 Å². The lowest BCUT2D eigenvalue weighted by molar-refractivity contribution is 0.354. The molecule has 0 spiro atoms. The molecule has 1 aromatic rings. The highest BCUT2D eigenvalue weighted by atomic mass is 32.1. The molecule has 1 aliphatic heterocycles. The number of methoxy groups -OCH3 is 2. The first kappa shape index (κ1) is 12.4. The van der Waals surface area contributed by atoms with Gasteiger partial charge in [0.1, 0.15) is 6.17 Å². The Bertz CT molecular complexity index is 504. The lowest BCUT2D eigenvalue weighted by Gasteiger charge is -2.23. The van der Waals surface area contributed by atoms with Crippen molar-refractivity contribution < 1.29 is 9.47 Å². The highest BCUT2D eigenvalue weighted by molar-refractivity contribution is 7.80. The summed E-state index contributed by atoms with van der Waals surface area (Å²) in [5.74, 6) is 1.59. The van der Waals surface area contributed by atoms with Gasteiger partial charge in [0.05, 0.1) is 14.2 Å². The molecular formula is C11H14N4O2S. The summed E-state index contributed by atoms with van der Waals surface area (Å²) in [4.78, 5) is 4.22. The molecule has 1 unspecified atom stereocenters. The molecule has 2 rings (SSSR count). The van der Waals surface area contributed by atoms with Crippen molar-refractivity contribution in [3.8, 4) is 11.5 Å². The van der Waals surface area contributed by atoms with Crippen molar-refractivity contribution in [2.45, 2.75) is 6.17 Å². The molecule has 0 aromatic heterocycles. The van der Waals surface area contributed by atoms with E-state index < -0.39 is 0 Å². The van der Waals surface area contributed by atoms with Crippen LogP contribution in [0.3, 0.4) is 0 Å². The quantitative estimate of drug-likeness (QED) is 0.691. The third-order valence-electron chi connectivity index (χ3n) is 2.50. The van der Waals surface area contributed by atoms with Gasteiger partial charge < -0.3 is 25.8 Å². The molecule has 0 aliphatic carbocycles. The topological polar surface area (TPSA) is 80.9 Å². The van der Waals surface area contributed by atoms with Crippen LogP contribution in [-0.2, 0) is 0 Å². The second-order valence-electron chi connectivity index (χ2n) is 3.63. The normalized spacial score (nSPS) is 18.4. The van der Waals surface area contributed by atoms with Crippen LogP contribution in [-0.4, -0.2) is 25.3 Å². The third kappa shape index (κ3) is 2.45. The fraction of sp³-hybridized carbons (Fsp3) is 0.273. The number of rotatable bonds is 3.